The highest BCUT2D eigenvalue weighted by molar-refractivity contribution is 6.17. The Hall–Kier alpha value is -6.06. The van der Waals surface area contributed by atoms with Crippen molar-refractivity contribution in [3.05, 3.63) is 175 Å². The highest BCUT2D eigenvalue weighted by Gasteiger charge is 2.46. The molecular formula is C46H34N2O. The van der Waals surface area contributed by atoms with Crippen LogP contribution in [0.3, 0.4) is 0 Å². The van der Waals surface area contributed by atoms with Crippen molar-refractivity contribution in [2.75, 3.05) is 4.90 Å². The number of nitrogens with zero attached hydrogens (tertiary/aromatic N) is 2. The van der Waals surface area contributed by atoms with E-state index < -0.39 is 0 Å². The Kier molecular flexibility index (Phi) is 5.98. The highest BCUT2D eigenvalue weighted by atomic mass is 16.3. The molecule has 1 unspecified atom stereocenters. The molecule has 0 aliphatic carbocycles. The summed E-state index contributed by atoms with van der Waals surface area (Å²) in [4.78, 5) is 2.52. The van der Waals surface area contributed by atoms with Crippen molar-refractivity contribution < 1.29 is 4.42 Å². The van der Waals surface area contributed by atoms with Gasteiger partial charge in [-0.25, -0.2) is 0 Å². The van der Waals surface area contributed by atoms with Gasteiger partial charge in [-0.05, 0) is 90.7 Å². The van der Waals surface area contributed by atoms with Gasteiger partial charge in [0.15, 0.2) is 0 Å². The third kappa shape index (κ3) is 4.15. The number of anilines is 2. The standard InChI is InChI=1S/C46H34N2O/c1-46(2)45(32-12-4-3-5-13-32)37-16-7-10-18-41(37)48(46)34-26-22-31(23-27-34)30-20-24-33(25-21-30)47-40-17-9-6-14-35(40)38-29-44-39(28-42(38)47)36-15-8-11-19-43(36)49-44/h3-29,45H,1-2H3. The van der Waals surface area contributed by atoms with Gasteiger partial charge < -0.3 is 13.9 Å². The van der Waals surface area contributed by atoms with Crippen molar-refractivity contribution in [2.24, 2.45) is 0 Å². The number of hydrogen-bond donors (Lipinski definition) is 0. The van der Waals surface area contributed by atoms with E-state index in [2.05, 4.69) is 175 Å². The average molecular weight is 631 g/mol. The van der Waals surface area contributed by atoms with E-state index in [0.29, 0.717) is 0 Å². The topological polar surface area (TPSA) is 21.3 Å². The summed E-state index contributed by atoms with van der Waals surface area (Å²) in [5.74, 6) is 0.279. The van der Waals surface area contributed by atoms with Crippen molar-refractivity contribution in [2.45, 2.75) is 25.3 Å². The molecule has 0 fully saturated rings. The molecule has 0 bridgehead atoms. The van der Waals surface area contributed by atoms with Gasteiger partial charge in [-0.1, -0.05) is 109 Å². The van der Waals surface area contributed by atoms with E-state index in [1.165, 1.54) is 55.4 Å². The molecule has 9 aromatic rings. The molecule has 0 saturated heterocycles. The molecule has 1 aliphatic rings. The van der Waals surface area contributed by atoms with Gasteiger partial charge in [0.05, 0.1) is 16.6 Å². The molecule has 3 nitrogen and oxygen atoms in total. The summed E-state index contributed by atoms with van der Waals surface area (Å²) in [6.45, 7) is 4.73. The number of aromatic nitrogens is 1. The predicted octanol–water partition coefficient (Wildman–Crippen LogP) is 12.4. The number of para-hydroxylation sites is 3. The molecule has 0 spiro atoms. The first kappa shape index (κ1) is 28.0. The van der Waals surface area contributed by atoms with E-state index in [4.69, 9.17) is 4.42 Å². The molecule has 49 heavy (non-hydrogen) atoms. The first-order valence-electron chi connectivity index (χ1n) is 17.1. The second-order valence-electron chi connectivity index (χ2n) is 13.8. The van der Waals surface area contributed by atoms with Gasteiger partial charge >= 0.3 is 0 Å². The van der Waals surface area contributed by atoms with E-state index in [1.54, 1.807) is 0 Å². The first-order valence-corrected chi connectivity index (χ1v) is 17.1. The SMILES string of the molecule is CC1(C)C(c2ccccc2)c2ccccc2N1c1ccc(-c2ccc(-n3c4ccccc4c4cc5oc6ccccc6c5cc43)cc2)cc1. The van der Waals surface area contributed by atoms with Gasteiger partial charge in [0.25, 0.3) is 0 Å². The summed E-state index contributed by atoms with van der Waals surface area (Å²) in [5.41, 5.74) is 12.8. The van der Waals surface area contributed by atoms with E-state index in [-0.39, 0.29) is 11.5 Å². The molecule has 234 valence electrons. The number of rotatable bonds is 4. The summed E-state index contributed by atoms with van der Waals surface area (Å²) in [7, 11) is 0. The van der Waals surface area contributed by atoms with Crippen LogP contribution in [-0.4, -0.2) is 10.1 Å². The Morgan fingerprint density at radius 3 is 1.90 bits per heavy atom. The van der Waals surface area contributed by atoms with E-state index in [1.807, 2.05) is 12.1 Å². The molecule has 1 aliphatic heterocycles. The number of furan rings is 1. The maximum absolute atomic E-state index is 6.27. The second-order valence-corrected chi connectivity index (χ2v) is 13.8. The highest BCUT2D eigenvalue weighted by Crippen LogP contribution is 2.54. The Bertz CT molecular complexity index is 2680. The van der Waals surface area contributed by atoms with E-state index >= 15 is 0 Å². The Labute approximate surface area is 285 Å². The van der Waals surface area contributed by atoms with Gasteiger partial charge in [-0.2, -0.15) is 0 Å². The molecule has 0 amide bonds. The van der Waals surface area contributed by atoms with Gasteiger partial charge in [0.1, 0.15) is 11.2 Å². The number of fused-ring (bicyclic) bond motifs is 7. The van der Waals surface area contributed by atoms with Crippen LogP contribution in [0.15, 0.2) is 168 Å². The lowest BCUT2D eigenvalue weighted by Crippen LogP contribution is -2.40. The van der Waals surface area contributed by atoms with Crippen molar-refractivity contribution in [3.8, 4) is 16.8 Å². The monoisotopic (exact) mass is 630 g/mol. The summed E-state index contributed by atoms with van der Waals surface area (Å²) < 4.78 is 8.66. The van der Waals surface area contributed by atoms with Gasteiger partial charge in [-0.15, -0.1) is 0 Å². The largest absolute Gasteiger partial charge is 0.456 e. The summed E-state index contributed by atoms with van der Waals surface area (Å²) in [6.07, 6.45) is 0. The van der Waals surface area contributed by atoms with Gasteiger partial charge in [-0.3, -0.25) is 0 Å². The van der Waals surface area contributed by atoms with Crippen LogP contribution in [0.1, 0.15) is 30.9 Å². The molecule has 3 heterocycles. The van der Waals surface area contributed by atoms with E-state index in [9.17, 15) is 0 Å². The van der Waals surface area contributed by atoms with Crippen LogP contribution in [0.25, 0.3) is 60.6 Å². The lowest BCUT2D eigenvalue weighted by Gasteiger charge is -2.38. The molecule has 10 rings (SSSR count). The Morgan fingerprint density at radius 1 is 0.490 bits per heavy atom. The fourth-order valence-corrected chi connectivity index (χ4v) is 8.53. The molecule has 1 atom stereocenters. The van der Waals surface area contributed by atoms with Crippen molar-refractivity contribution >= 4 is 55.1 Å². The average Bonchev–Trinajstić information content (AvgIpc) is 3.75. The maximum Gasteiger partial charge on any atom is 0.136 e. The summed E-state index contributed by atoms with van der Waals surface area (Å²) in [6, 6.07) is 59.3. The smallest absolute Gasteiger partial charge is 0.136 e. The Balaban J connectivity index is 1.03. The zero-order valence-electron chi connectivity index (χ0n) is 27.5. The minimum atomic E-state index is -0.134. The van der Waals surface area contributed by atoms with Crippen LogP contribution in [0.2, 0.25) is 0 Å². The van der Waals surface area contributed by atoms with Crippen LogP contribution < -0.4 is 4.90 Å². The molecule has 0 radical (unpaired) electrons. The minimum absolute atomic E-state index is 0.134. The lowest BCUT2D eigenvalue weighted by atomic mass is 9.80. The van der Waals surface area contributed by atoms with Crippen LogP contribution in [-0.2, 0) is 0 Å². The number of benzene rings is 7. The molecule has 0 N–H and O–H groups in total. The second kappa shape index (κ2) is 10.5. The molecule has 3 heteroatoms. The predicted molar refractivity (Wildman–Crippen MR) is 204 cm³/mol. The van der Waals surface area contributed by atoms with Crippen LogP contribution >= 0.6 is 0 Å². The molecule has 2 aromatic heterocycles. The molecular weight excluding hydrogens is 597 g/mol. The maximum atomic E-state index is 6.27. The van der Waals surface area contributed by atoms with Crippen molar-refractivity contribution in [3.63, 3.8) is 0 Å². The normalized spacial score (nSPS) is 15.5. The first-order chi connectivity index (χ1) is 24.1. The summed E-state index contributed by atoms with van der Waals surface area (Å²) >= 11 is 0. The third-order valence-corrected chi connectivity index (χ3v) is 10.7. The van der Waals surface area contributed by atoms with Crippen molar-refractivity contribution in [1.29, 1.82) is 0 Å². The zero-order chi connectivity index (χ0) is 32.7. The van der Waals surface area contributed by atoms with Gasteiger partial charge in [0, 0.05) is 44.5 Å². The van der Waals surface area contributed by atoms with Crippen LogP contribution in [0.5, 0.6) is 0 Å². The quantitative estimate of drug-likeness (QED) is 0.193. The number of hydrogen-bond acceptors (Lipinski definition) is 2. The Morgan fingerprint density at radius 2 is 1.12 bits per heavy atom. The van der Waals surface area contributed by atoms with Crippen LogP contribution in [0.4, 0.5) is 11.4 Å². The third-order valence-electron chi connectivity index (χ3n) is 10.7. The fourth-order valence-electron chi connectivity index (χ4n) is 8.53. The zero-order valence-corrected chi connectivity index (χ0v) is 27.5. The summed E-state index contributed by atoms with van der Waals surface area (Å²) in [5, 5.41) is 4.71. The molecule has 7 aromatic carbocycles. The van der Waals surface area contributed by atoms with Gasteiger partial charge in [0.2, 0.25) is 0 Å². The molecule has 0 saturated carbocycles. The lowest BCUT2D eigenvalue weighted by molar-refractivity contribution is 0.478. The van der Waals surface area contributed by atoms with E-state index in [0.717, 1.165) is 27.6 Å². The van der Waals surface area contributed by atoms with Crippen LogP contribution in [0, 0.1) is 0 Å². The van der Waals surface area contributed by atoms with Crippen molar-refractivity contribution in [1.82, 2.24) is 4.57 Å². The minimum Gasteiger partial charge on any atom is -0.456 e. The fraction of sp³-hybridized carbons (Fsp3) is 0.0870.